The van der Waals surface area contributed by atoms with Crippen LogP contribution in [0.5, 0.6) is 0 Å². The third kappa shape index (κ3) is 4.30. The Kier molecular flexibility index (Phi) is 5.52. The van der Waals surface area contributed by atoms with Gasteiger partial charge in [-0.15, -0.1) is 0 Å². The van der Waals surface area contributed by atoms with Crippen LogP contribution in [0.3, 0.4) is 0 Å². The Balaban J connectivity index is 1.45. The molecular weight excluding hydrogens is 359 g/mol. The first-order valence-electron chi connectivity index (χ1n) is 9.83. The van der Waals surface area contributed by atoms with Gasteiger partial charge in [0.15, 0.2) is 5.82 Å². The van der Waals surface area contributed by atoms with Gasteiger partial charge in [-0.1, -0.05) is 18.2 Å². The summed E-state index contributed by atoms with van der Waals surface area (Å²) in [5, 5.41) is 6.30. The lowest BCUT2D eigenvalue weighted by atomic mass is 9.91. The van der Waals surface area contributed by atoms with Crippen molar-refractivity contribution in [1.82, 2.24) is 15.3 Å². The highest BCUT2D eigenvalue weighted by atomic mass is 19.1. The molecule has 1 aromatic heterocycles. The second-order valence-electron chi connectivity index (χ2n) is 7.64. The smallest absolute Gasteiger partial charge is 0.223 e. The van der Waals surface area contributed by atoms with Crippen LogP contribution in [0.25, 0.3) is 11.3 Å². The van der Waals surface area contributed by atoms with E-state index in [2.05, 4.69) is 20.6 Å². The molecule has 0 bridgehead atoms. The Morgan fingerprint density at radius 2 is 1.93 bits per heavy atom. The van der Waals surface area contributed by atoms with Crippen molar-refractivity contribution in [2.45, 2.75) is 50.6 Å². The summed E-state index contributed by atoms with van der Waals surface area (Å²) in [6.45, 7) is 2.97. The largest absolute Gasteiger partial charge is 0.380 e. The Bertz CT molecular complexity index is 848. The topological polar surface area (TPSA) is 76.1 Å². The molecule has 2 N–H and O–H groups in total. The molecule has 1 saturated heterocycles. The molecule has 0 atom stereocenters. The van der Waals surface area contributed by atoms with Crippen molar-refractivity contribution >= 4 is 11.9 Å². The fourth-order valence-corrected chi connectivity index (χ4v) is 3.86. The summed E-state index contributed by atoms with van der Waals surface area (Å²) in [6, 6.07) is 8.29. The number of ether oxygens (including phenoxy) is 1. The van der Waals surface area contributed by atoms with Gasteiger partial charge < -0.3 is 15.4 Å². The molecule has 28 heavy (non-hydrogen) atoms. The average Bonchev–Trinajstić information content (AvgIpc) is 2.63. The predicted octanol–water partition coefficient (Wildman–Crippen LogP) is 3.26. The molecule has 2 aromatic rings. The van der Waals surface area contributed by atoms with Crippen molar-refractivity contribution in [3.05, 3.63) is 41.8 Å². The summed E-state index contributed by atoms with van der Waals surface area (Å²) in [4.78, 5) is 19.8. The highest BCUT2D eigenvalue weighted by Crippen LogP contribution is 2.29. The Morgan fingerprint density at radius 3 is 2.61 bits per heavy atom. The quantitative estimate of drug-likeness (QED) is 0.828. The van der Waals surface area contributed by atoms with Gasteiger partial charge in [0.1, 0.15) is 5.69 Å². The van der Waals surface area contributed by atoms with Crippen LogP contribution in [-0.2, 0) is 9.53 Å². The monoisotopic (exact) mass is 384 g/mol. The molecule has 2 fully saturated rings. The van der Waals surface area contributed by atoms with E-state index in [0.717, 1.165) is 36.8 Å². The molecule has 0 spiro atoms. The van der Waals surface area contributed by atoms with Gasteiger partial charge in [0.05, 0.1) is 19.4 Å². The zero-order valence-corrected chi connectivity index (χ0v) is 16.0. The number of hydrogen-bond donors (Lipinski definition) is 2. The molecule has 2 aliphatic rings. The van der Waals surface area contributed by atoms with Gasteiger partial charge in [-0.3, -0.25) is 4.79 Å². The lowest BCUT2D eigenvalue weighted by molar-refractivity contribution is -0.119. The van der Waals surface area contributed by atoms with Gasteiger partial charge in [0, 0.05) is 30.5 Å². The van der Waals surface area contributed by atoms with E-state index >= 15 is 0 Å². The highest BCUT2D eigenvalue weighted by Gasteiger charge is 2.23. The summed E-state index contributed by atoms with van der Waals surface area (Å²) in [6.07, 6.45) is 4.89. The van der Waals surface area contributed by atoms with Crippen LogP contribution in [-0.4, -0.2) is 41.2 Å². The van der Waals surface area contributed by atoms with Crippen LogP contribution in [0.2, 0.25) is 0 Å². The molecule has 2 heterocycles. The van der Waals surface area contributed by atoms with Crippen molar-refractivity contribution in [3.8, 4) is 11.3 Å². The van der Waals surface area contributed by atoms with Gasteiger partial charge in [0.25, 0.3) is 0 Å². The summed E-state index contributed by atoms with van der Waals surface area (Å²) in [7, 11) is 0. The standard InChI is InChI=1S/C21H25FN4O2/c1-13(27)24-17-5-7-18(8-6-17)25-21-23-10-19(22)20(26-21)15-4-2-3-14(9-15)16-11-28-12-16/h2-4,9-10,16-18H,5-8,11-12H2,1H3,(H,24,27)(H,23,25,26)/t17-,18-. The lowest BCUT2D eigenvalue weighted by Crippen LogP contribution is -2.39. The number of aromatic nitrogens is 2. The van der Waals surface area contributed by atoms with Crippen LogP contribution >= 0.6 is 0 Å². The Morgan fingerprint density at radius 1 is 1.18 bits per heavy atom. The van der Waals surface area contributed by atoms with E-state index in [1.807, 2.05) is 24.3 Å². The number of carbonyl (C=O) groups excluding carboxylic acids is 1. The first-order valence-corrected chi connectivity index (χ1v) is 9.83. The molecule has 0 radical (unpaired) electrons. The number of rotatable bonds is 5. The van der Waals surface area contributed by atoms with E-state index in [1.165, 1.54) is 6.20 Å². The lowest BCUT2D eigenvalue weighted by Gasteiger charge is -2.29. The Labute approximate surface area is 163 Å². The molecule has 1 aromatic carbocycles. The number of nitrogens with one attached hydrogen (secondary N) is 2. The number of halogens is 1. The highest BCUT2D eigenvalue weighted by molar-refractivity contribution is 5.73. The van der Waals surface area contributed by atoms with Crippen LogP contribution in [0.15, 0.2) is 30.5 Å². The van der Waals surface area contributed by atoms with Gasteiger partial charge in [-0.2, -0.15) is 0 Å². The van der Waals surface area contributed by atoms with Gasteiger partial charge in [0.2, 0.25) is 11.9 Å². The van der Waals surface area contributed by atoms with E-state index in [0.29, 0.717) is 30.8 Å². The zero-order chi connectivity index (χ0) is 19.5. The molecule has 7 heteroatoms. The summed E-state index contributed by atoms with van der Waals surface area (Å²) in [5.41, 5.74) is 2.21. The zero-order valence-electron chi connectivity index (χ0n) is 16.0. The van der Waals surface area contributed by atoms with Gasteiger partial charge in [-0.05, 0) is 37.3 Å². The molecule has 1 aliphatic carbocycles. The second-order valence-corrected chi connectivity index (χ2v) is 7.64. The minimum absolute atomic E-state index is 0.0126. The van der Waals surface area contributed by atoms with Crippen molar-refractivity contribution in [1.29, 1.82) is 0 Å². The molecule has 148 valence electrons. The predicted molar refractivity (Wildman–Crippen MR) is 104 cm³/mol. The van der Waals surface area contributed by atoms with Crippen molar-refractivity contribution in [2.24, 2.45) is 0 Å². The molecule has 4 rings (SSSR count). The third-order valence-corrected chi connectivity index (χ3v) is 5.48. The molecule has 1 amide bonds. The maximum atomic E-state index is 14.4. The maximum absolute atomic E-state index is 14.4. The van der Waals surface area contributed by atoms with E-state index in [9.17, 15) is 9.18 Å². The van der Waals surface area contributed by atoms with Gasteiger partial charge >= 0.3 is 0 Å². The summed E-state index contributed by atoms with van der Waals surface area (Å²) >= 11 is 0. The summed E-state index contributed by atoms with van der Waals surface area (Å²) in [5.74, 6) is 0.401. The van der Waals surface area contributed by atoms with Crippen molar-refractivity contribution in [2.75, 3.05) is 18.5 Å². The molecule has 1 aliphatic heterocycles. The van der Waals surface area contributed by atoms with E-state index < -0.39 is 5.82 Å². The average molecular weight is 384 g/mol. The minimum Gasteiger partial charge on any atom is -0.380 e. The van der Waals surface area contributed by atoms with E-state index in [1.54, 1.807) is 6.92 Å². The van der Waals surface area contributed by atoms with Gasteiger partial charge in [-0.25, -0.2) is 14.4 Å². The molecule has 6 nitrogen and oxygen atoms in total. The first-order chi connectivity index (χ1) is 13.6. The maximum Gasteiger partial charge on any atom is 0.223 e. The number of benzene rings is 1. The summed E-state index contributed by atoms with van der Waals surface area (Å²) < 4.78 is 19.7. The second kappa shape index (κ2) is 8.22. The number of hydrogen-bond acceptors (Lipinski definition) is 5. The first kappa shape index (κ1) is 18.8. The van der Waals surface area contributed by atoms with E-state index in [-0.39, 0.29) is 18.0 Å². The normalized spacial score (nSPS) is 22.4. The van der Waals surface area contributed by atoms with Crippen LogP contribution < -0.4 is 10.6 Å². The molecule has 1 saturated carbocycles. The number of nitrogens with zero attached hydrogens (tertiary/aromatic N) is 2. The van der Waals surface area contributed by atoms with Crippen molar-refractivity contribution in [3.63, 3.8) is 0 Å². The molecular formula is C21H25FN4O2. The molecule has 0 unspecified atom stereocenters. The third-order valence-electron chi connectivity index (χ3n) is 5.48. The fraction of sp³-hybridized carbons (Fsp3) is 0.476. The minimum atomic E-state index is -0.429. The van der Waals surface area contributed by atoms with Crippen LogP contribution in [0.1, 0.15) is 44.1 Å². The number of carbonyl (C=O) groups is 1. The van der Waals surface area contributed by atoms with E-state index in [4.69, 9.17) is 4.74 Å². The SMILES string of the molecule is CC(=O)N[C@H]1CC[C@H](Nc2ncc(F)c(-c3cccc(C4COC4)c3)n2)CC1. The number of amides is 1. The van der Waals surface area contributed by atoms with Crippen LogP contribution in [0, 0.1) is 5.82 Å². The number of anilines is 1. The fourth-order valence-electron chi connectivity index (χ4n) is 3.86. The van der Waals surface area contributed by atoms with Crippen LogP contribution in [0.4, 0.5) is 10.3 Å². The Hall–Kier alpha value is -2.54. The van der Waals surface area contributed by atoms with Crippen molar-refractivity contribution < 1.29 is 13.9 Å².